The molecule has 9 heteroatoms. The van der Waals surface area contributed by atoms with E-state index in [1.54, 1.807) is 24.3 Å². The zero-order valence-electron chi connectivity index (χ0n) is 14.4. The van der Waals surface area contributed by atoms with Gasteiger partial charge in [0, 0.05) is 11.9 Å². The number of aryl methyl sites for hydroxylation is 1. The van der Waals surface area contributed by atoms with Crippen LogP contribution in [0.4, 0.5) is 13.2 Å². The molecule has 1 aromatic carbocycles. The van der Waals surface area contributed by atoms with Crippen LogP contribution in [0.3, 0.4) is 0 Å². The van der Waals surface area contributed by atoms with E-state index >= 15 is 0 Å². The predicted octanol–water partition coefficient (Wildman–Crippen LogP) is 5.19. The predicted molar refractivity (Wildman–Crippen MR) is 98.4 cm³/mol. The number of hydrogen-bond donors (Lipinski definition) is 0. The summed E-state index contributed by atoms with van der Waals surface area (Å²) < 4.78 is 42.4. The highest BCUT2D eigenvalue weighted by Crippen LogP contribution is 2.34. The van der Waals surface area contributed by atoms with Crippen LogP contribution in [0.1, 0.15) is 26.5 Å². The fourth-order valence-electron chi connectivity index (χ4n) is 2.61. The van der Waals surface area contributed by atoms with Crippen molar-refractivity contribution in [2.24, 2.45) is 0 Å². The molecule has 142 valence electrons. The first-order valence-electron chi connectivity index (χ1n) is 7.89. The molecule has 0 spiro atoms. The molecule has 1 amide bonds. The molecule has 2 aromatic heterocycles. The Morgan fingerprint density at radius 1 is 1.22 bits per heavy atom. The van der Waals surface area contributed by atoms with Crippen molar-refractivity contribution >= 4 is 28.8 Å². The fraction of sp³-hybridized carbons (Fsp3) is 0.222. The molecule has 0 saturated carbocycles. The van der Waals surface area contributed by atoms with Gasteiger partial charge in [0.1, 0.15) is 0 Å². The number of carbonyl (C=O) groups is 1. The van der Waals surface area contributed by atoms with E-state index in [-0.39, 0.29) is 12.2 Å². The zero-order valence-corrected chi connectivity index (χ0v) is 16.0. The van der Waals surface area contributed by atoms with E-state index in [4.69, 9.17) is 11.6 Å². The van der Waals surface area contributed by atoms with Crippen LogP contribution in [0.5, 0.6) is 0 Å². The zero-order chi connectivity index (χ0) is 19.8. The third-order valence-corrected chi connectivity index (χ3v) is 5.13. The van der Waals surface area contributed by atoms with Crippen LogP contribution in [-0.2, 0) is 12.7 Å². The molecule has 0 aliphatic carbocycles. The Bertz CT molecular complexity index is 963. The SMILES string of the molecule is Cc1ccc(-n2ncc(C(=O)N(C)Cc3ccc(Cl)s3)c2C(F)(F)F)cc1. The van der Waals surface area contributed by atoms with Crippen LogP contribution in [0.25, 0.3) is 5.69 Å². The highest BCUT2D eigenvalue weighted by Gasteiger charge is 2.41. The van der Waals surface area contributed by atoms with Crippen molar-refractivity contribution in [2.45, 2.75) is 19.6 Å². The molecule has 0 fully saturated rings. The summed E-state index contributed by atoms with van der Waals surface area (Å²) >= 11 is 7.13. The molecule has 0 aliphatic rings. The molecule has 2 heterocycles. The van der Waals surface area contributed by atoms with Gasteiger partial charge in [-0.05, 0) is 31.2 Å². The minimum Gasteiger partial charge on any atom is -0.336 e. The van der Waals surface area contributed by atoms with Crippen LogP contribution < -0.4 is 0 Å². The van der Waals surface area contributed by atoms with Gasteiger partial charge < -0.3 is 4.90 Å². The number of amides is 1. The van der Waals surface area contributed by atoms with Gasteiger partial charge in [0.2, 0.25) is 0 Å². The molecule has 0 atom stereocenters. The van der Waals surface area contributed by atoms with Gasteiger partial charge in [-0.25, -0.2) is 4.68 Å². The van der Waals surface area contributed by atoms with Gasteiger partial charge in [-0.3, -0.25) is 4.79 Å². The molecule has 3 rings (SSSR count). The summed E-state index contributed by atoms with van der Waals surface area (Å²) in [6.45, 7) is 1.99. The molecule has 0 radical (unpaired) electrons. The van der Waals surface area contributed by atoms with E-state index in [2.05, 4.69) is 5.10 Å². The van der Waals surface area contributed by atoms with Crippen molar-refractivity contribution in [2.75, 3.05) is 7.05 Å². The minimum atomic E-state index is -4.74. The topological polar surface area (TPSA) is 38.1 Å². The van der Waals surface area contributed by atoms with Gasteiger partial charge in [0.25, 0.3) is 5.91 Å². The second-order valence-corrected chi connectivity index (χ2v) is 7.82. The lowest BCUT2D eigenvalue weighted by atomic mass is 10.2. The van der Waals surface area contributed by atoms with Gasteiger partial charge in [-0.15, -0.1) is 11.3 Å². The van der Waals surface area contributed by atoms with E-state index in [0.717, 1.165) is 21.3 Å². The Labute approximate surface area is 162 Å². The van der Waals surface area contributed by atoms with E-state index in [9.17, 15) is 18.0 Å². The summed E-state index contributed by atoms with van der Waals surface area (Å²) in [5.74, 6) is -0.759. The summed E-state index contributed by atoms with van der Waals surface area (Å²) in [6.07, 6.45) is -3.78. The van der Waals surface area contributed by atoms with Crippen molar-refractivity contribution in [1.82, 2.24) is 14.7 Å². The average molecular weight is 414 g/mol. The third kappa shape index (κ3) is 4.17. The molecule has 27 heavy (non-hydrogen) atoms. The Hall–Kier alpha value is -2.32. The summed E-state index contributed by atoms with van der Waals surface area (Å²) in [6, 6.07) is 9.84. The number of halogens is 4. The summed E-state index contributed by atoms with van der Waals surface area (Å²) in [4.78, 5) is 14.7. The third-order valence-electron chi connectivity index (χ3n) is 3.92. The molecule has 0 unspecified atom stereocenters. The number of carbonyl (C=O) groups excluding carboxylic acids is 1. The van der Waals surface area contributed by atoms with Crippen molar-refractivity contribution in [1.29, 1.82) is 0 Å². The number of aromatic nitrogens is 2. The molecule has 0 aliphatic heterocycles. The standard InChI is InChI=1S/C18H15ClF3N3OS/c1-11-3-5-12(6-4-11)25-16(18(20,21)22)14(9-23-25)17(26)24(2)10-13-7-8-15(19)27-13/h3-9H,10H2,1-2H3. The average Bonchev–Trinajstić information content (AvgIpc) is 3.21. The van der Waals surface area contributed by atoms with Crippen molar-refractivity contribution in [3.05, 3.63) is 68.6 Å². The first-order chi connectivity index (χ1) is 12.7. The molecule has 0 saturated heterocycles. The summed E-state index contributed by atoms with van der Waals surface area (Å²) in [7, 11) is 1.44. The van der Waals surface area contributed by atoms with Gasteiger partial charge in [-0.1, -0.05) is 29.3 Å². The molecule has 4 nitrogen and oxygen atoms in total. The quantitative estimate of drug-likeness (QED) is 0.590. The van der Waals surface area contributed by atoms with Crippen LogP contribution in [0.15, 0.2) is 42.6 Å². The van der Waals surface area contributed by atoms with Crippen LogP contribution >= 0.6 is 22.9 Å². The Morgan fingerprint density at radius 2 is 1.89 bits per heavy atom. The van der Waals surface area contributed by atoms with E-state index in [0.29, 0.717) is 4.34 Å². The number of benzene rings is 1. The maximum Gasteiger partial charge on any atom is 0.434 e. The Balaban J connectivity index is 1.97. The second kappa shape index (κ2) is 7.36. The largest absolute Gasteiger partial charge is 0.434 e. The molecular formula is C18H15ClF3N3OS. The minimum absolute atomic E-state index is 0.156. The number of rotatable bonds is 4. The molecular weight excluding hydrogens is 399 g/mol. The monoisotopic (exact) mass is 413 g/mol. The van der Waals surface area contributed by atoms with Gasteiger partial charge >= 0.3 is 6.18 Å². The first-order valence-corrected chi connectivity index (χ1v) is 9.08. The lowest BCUT2D eigenvalue weighted by Crippen LogP contribution is -2.28. The van der Waals surface area contributed by atoms with Crippen LogP contribution in [0, 0.1) is 6.92 Å². The first kappa shape index (κ1) is 19.4. The van der Waals surface area contributed by atoms with E-state index in [1.807, 2.05) is 6.92 Å². The van der Waals surface area contributed by atoms with Crippen molar-refractivity contribution in [3.63, 3.8) is 0 Å². The maximum atomic E-state index is 13.7. The highest BCUT2D eigenvalue weighted by molar-refractivity contribution is 7.16. The van der Waals surface area contributed by atoms with Gasteiger partial charge in [-0.2, -0.15) is 18.3 Å². The molecule has 0 N–H and O–H groups in total. The second-order valence-electron chi connectivity index (χ2n) is 6.02. The van der Waals surface area contributed by atoms with E-state index < -0.39 is 23.3 Å². The molecule has 0 bridgehead atoms. The number of hydrogen-bond acceptors (Lipinski definition) is 3. The van der Waals surface area contributed by atoms with Gasteiger partial charge in [0.05, 0.1) is 28.3 Å². The van der Waals surface area contributed by atoms with Crippen molar-refractivity contribution < 1.29 is 18.0 Å². The van der Waals surface area contributed by atoms with Crippen LogP contribution in [-0.4, -0.2) is 27.6 Å². The fourth-order valence-corrected chi connectivity index (χ4v) is 3.75. The summed E-state index contributed by atoms with van der Waals surface area (Å²) in [5, 5.41) is 3.83. The van der Waals surface area contributed by atoms with Crippen molar-refractivity contribution in [3.8, 4) is 5.69 Å². The van der Waals surface area contributed by atoms with E-state index in [1.165, 1.54) is 35.4 Å². The number of thiophene rings is 1. The Morgan fingerprint density at radius 3 is 2.44 bits per heavy atom. The smallest absolute Gasteiger partial charge is 0.336 e. The lowest BCUT2D eigenvalue weighted by molar-refractivity contribution is -0.143. The number of nitrogens with zero attached hydrogens (tertiary/aromatic N) is 3. The normalized spacial score (nSPS) is 11.6. The van der Waals surface area contributed by atoms with Crippen LogP contribution in [0.2, 0.25) is 4.34 Å². The highest BCUT2D eigenvalue weighted by atomic mass is 35.5. The summed E-state index contributed by atoms with van der Waals surface area (Å²) in [5.41, 5.74) is -0.439. The molecule has 3 aromatic rings. The maximum absolute atomic E-state index is 13.7. The number of alkyl halides is 3. The Kier molecular flexibility index (Phi) is 5.30. The lowest BCUT2D eigenvalue weighted by Gasteiger charge is -2.18. The van der Waals surface area contributed by atoms with Gasteiger partial charge in [0.15, 0.2) is 5.69 Å².